The third-order valence-corrected chi connectivity index (χ3v) is 3.37. The van der Waals surface area contributed by atoms with Crippen LogP contribution in [0.15, 0.2) is 18.2 Å². The molecule has 0 aromatic heterocycles. The van der Waals surface area contributed by atoms with E-state index in [-0.39, 0.29) is 12.5 Å². The predicted octanol–water partition coefficient (Wildman–Crippen LogP) is 2.64. The van der Waals surface area contributed by atoms with Crippen molar-refractivity contribution in [3.8, 4) is 0 Å². The standard InChI is InChI=1S/C16H26N2O/c1-12(2)7-8-18(16(19)10-17)11-15-9-13(3)5-6-14(15)4/h5-6,9,12H,7-8,10-11,17H2,1-4H3. The van der Waals surface area contributed by atoms with Crippen LogP contribution < -0.4 is 5.73 Å². The number of hydrogen-bond acceptors (Lipinski definition) is 2. The monoisotopic (exact) mass is 262 g/mol. The van der Waals surface area contributed by atoms with E-state index in [0.717, 1.165) is 13.0 Å². The normalized spacial score (nSPS) is 10.8. The summed E-state index contributed by atoms with van der Waals surface area (Å²) < 4.78 is 0. The van der Waals surface area contributed by atoms with Gasteiger partial charge in [0.15, 0.2) is 0 Å². The van der Waals surface area contributed by atoms with Gasteiger partial charge in [-0.05, 0) is 37.3 Å². The van der Waals surface area contributed by atoms with Crippen LogP contribution in [0.2, 0.25) is 0 Å². The molecule has 0 heterocycles. The Labute approximate surface area is 116 Å². The lowest BCUT2D eigenvalue weighted by Gasteiger charge is -2.24. The first-order chi connectivity index (χ1) is 8.93. The first-order valence-electron chi connectivity index (χ1n) is 6.98. The third-order valence-electron chi connectivity index (χ3n) is 3.37. The van der Waals surface area contributed by atoms with E-state index >= 15 is 0 Å². The Morgan fingerprint density at radius 3 is 2.58 bits per heavy atom. The summed E-state index contributed by atoms with van der Waals surface area (Å²) in [7, 11) is 0. The summed E-state index contributed by atoms with van der Waals surface area (Å²) in [5.41, 5.74) is 9.18. The lowest BCUT2D eigenvalue weighted by molar-refractivity contribution is -0.130. The fraction of sp³-hybridized carbons (Fsp3) is 0.562. The van der Waals surface area contributed by atoms with Gasteiger partial charge >= 0.3 is 0 Å². The molecule has 1 aromatic rings. The average Bonchev–Trinajstić information content (AvgIpc) is 2.37. The van der Waals surface area contributed by atoms with E-state index in [1.807, 2.05) is 4.90 Å². The highest BCUT2D eigenvalue weighted by atomic mass is 16.2. The van der Waals surface area contributed by atoms with Crippen molar-refractivity contribution in [3.63, 3.8) is 0 Å². The highest BCUT2D eigenvalue weighted by molar-refractivity contribution is 5.78. The van der Waals surface area contributed by atoms with Gasteiger partial charge in [-0.3, -0.25) is 4.79 Å². The van der Waals surface area contributed by atoms with Crippen molar-refractivity contribution in [1.82, 2.24) is 4.90 Å². The van der Waals surface area contributed by atoms with E-state index in [9.17, 15) is 4.79 Å². The predicted molar refractivity (Wildman–Crippen MR) is 79.8 cm³/mol. The second-order valence-corrected chi connectivity index (χ2v) is 5.63. The number of rotatable bonds is 6. The van der Waals surface area contributed by atoms with Crippen molar-refractivity contribution in [1.29, 1.82) is 0 Å². The molecular weight excluding hydrogens is 236 g/mol. The van der Waals surface area contributed by atoms with Crippen molar-refractivity contribution in [2.45, 2.75) is 40.7 Å². The average molecular weight is 262 g/mol. The number of nitrogens with zero attached hydrogens (tertiary/aromatic N) is 1. The Bertz CT molecular complexity index is 427. The Hall–Kier alpha value is -1.35. The van der Waals surface area contributed by atoms with Crippen LogP contribution in [0.1, 0.15) is 37.0 Å². The Kier molecular flexibility index (Phi) is 6.03. The van der Waals surface area contributed by atoms with Crippen molar-refractivity contribution < 1.29 is 4.79 Å². The van der Waals surface area contributed by atoms with Crippen LogP contribution in [0, 0.1) is 19.8 Å². The first-order valence-corrected chi connectivity index (χ1v) is 6.98. The van der Waals surface area contributed by atoms with Crippen LogP contribution in [-0.2, 0) is 11.3 Å². The van der Waals surface area contributed by atoms with Crippen LogP contribution in [0.3, 0.4) is 0 Å². The summed E-state index contributed by atoms with van der Waals surface area (Å²) in [5, 5.41) is 0. The zero-order chi connectivity index (χ0) is 14.4. The van der Waals surface area contributed by atoms with Crippen molar-refractivity contribution in [2.75, 3.05) is 13.1 Å². The van der Waals surface area contributed by atoms with Gasteiger partial charge < -0.3 is 10.6 Å². The molecule has 0 saturated heterocycles. The number of benzene rings is 1. The molecule has 0 radical (unpaired) electrons. The molecule has 0 aliphatic carbocycles. The van der Waals surface area contributed by atoms with Crippen LogP contribution in [0.4, 0.5) is 0 Å². The van der Waals surface area contributed by atoms with E-state index in [0.29, 0.717) is 12.5 Å². The summed E-state index contributed by atoms with van der Waals surface area (Å²) in [6.07, 6.45) is 1.01. The van der Waals surface area contributed by atoms with E-state index in [1.165, 1.54) is 16.7 Å². The number of aryl methyl sites for hydroxylation is 2. The van der Waals surface area contributed by atoms with Gasteiger partial charge in [0.1, 0.15) is 0 Å². The van der Waals surface area contributed by atoms with Gasteiger partial charge in [-0.1, -0.05) is 37.6 Å². The molecule has 3 heteroatoms. The van der Waals surface area contributed by atoms with Gasteiger partial charge in [-0.15, -0.1) is 0 Å². The Morgan fingerprint density at radius 1 is 1.32 bits per heavy atom. The van der Waals surface area contributed by atoms with Gasteiger partial charge in [-0.2, -0.15) is 0 Å². The zero-order valence-corrected chi connectivity index (χ0v) is 12.6. The molecule has 1 amide bonds. The van der Waals surface area contributed by atoms with Gasteiger partial charge in [0.05, 0.1) is 6.54 Å². The van der Waals surface area contributed by atoms with E-state index in [2.05, 4.69) is 45.9 Å². The maximum absolute atomic E-state index is 11.9. The Morgan fingerprint density at radius 2 is 2.00 bits per heavy atom. The number of nitrogens with two attached hydrogens (primary N) is 1. The molecule has 2 N–H and O–H groups in total. The highest BCUT2D eigenvalue weighted by Gasteiger charge is 2.14. The number of carbonyl (C=O) groups is 1. The second kappa shape index (κ2) is 7.29. The molecular formula is C16H26N2O. The molecule has 0 fully saturated rings. The quantitative estimate of drug-likeness (QED) is 0.856. The minimum Gasteiger partial charge on any atom is -0.337 e. The lowest BCUT2D eigenvalue weighted by atomic mass is 10.0. The summed E-state index contributed by atoms with van der Waals surface area (Å²) in [5.74, 6) is 0.619. The van der Waals surface area contributed by atoms with Crippen LogP contribution in [0.5, 0.6) is 0 Å². The maximum Gasteiger partial charge on any atom is 0.236 e. The topological polar surface area (TPSA) is 46.3 Å². The lowest BCUT2D eigenvalue weighted by Crippen LogP contribution is -2.36. The molecule has 1 rings (SSSR count). The van der Waals surface area contributed by atoms with Gasteiger partial charge in [0.25, 0.3) is 0 Å². The summed E-state index contributed by atoms with van der Waals surface area (Å²) >= 11 is 0. The molecule has 0 unspecified atom stereocenters. The van der Waals surface area contributed by atoms with Crippen LogP contribution in [0.25, 0.3) is 0 Å². The SMILES string of the molecule is Cc1ccc(C)c(CN(CCC(C)C)C(=O)CN)c1. The minimum atomic E-state index is 0.0292. The minimum absolute atomic E-state index is 0.0292. The third kappa shape index (κ3) is 5.03. The molecule has 0 aliphatic heterocycles. The number of carbonyl (C=O) groups excluding carboxylic acids is 1. The molecule has 0 atom stereocenters. The number of hydrogen-bond donors (Lipinski definition) is 1. The number of amides is 1. The van der Waals surface area contributed by atoms with E-state index in [1.54, 1.807) is 0 Å². The molecule has 19 heavy (non-hydrogen) atoms. The first kappa shape index (κ1) is 15.7. The maximum atomic E-state index is 11.9. The van der Waals surface area contributed by atoms with Crippen molar-refractivity contribution >= 4 is 5.91 Å². The molecule has 0 spiro atoms. The summed E-state index contributed by atoms with van der Waals surface area (Å²) in [4.78, 5) is 13.8. The summed E-state index contributed by atoms with van der Waals surface area (Å²) in [6.45, 7) is 10.0. The zero-order valence-electron chi connectivity index (χ0n) is 12.6. The van der Waals surface area contributed by atoms with Crippen LogP contribution in [-0.4, -0.2) is 23.9 Å². The van der Waals surface area contributed by atoms with E-state index in [4.69, 9.17) is 5.73 Å². The van der Waals surface area contributed by atoms with Crippen molar-refractivity contribution in [2.24, 2.45) is 11.7 Å². The molecule has 1 aromatic carbocycles. The molecule has 3 nitrogen and oxygen atoms in total. The van der Waals surface area contributed by atoms with Crippen molar-refractivity contribution in [3.05, 3.63) is 34.9 Å². The van der Waals surface area contributed by atoms with Gasteiger partial charge in [0, 0.05) is 13.1 Å². The van der Waals surface area contributed by atoms with Crippen LogP contribution >= 0.6 is 0 Å². The Balaban J connectivity index is 2.81. The second-order valence-electron chi connectivity index (χ2n) is 5.63. The van der Waals surface area contributed by atoms with Gasteiger partial charge in [-0.25, -0.2) is 0 Å². The molecule has 0 bridgehead atoms. The molecule has 106 valence electrons. The fourth-order valence-corrected chi connectivity index (χ4v) is 2.01. The molecule has 0 aliphatic rings. The molecule has 0 saturated carbocycles. The summed E-state index contributed by atoms with van der Waals surface area (Å²) in [6, 6.07) is 6.36. The smallest absolute Gasteiger partial charge is 0.236 e. The van der Waals surface area contributed by atoms with E-state index < -0.39 is 0 Å². The fourth-order valence-electron chi connectivity index (χ4n) is 2.01. The largest absolute Gasteiger partial charge is 0.337 e. The van der Waals surface area contributed by atoms with Gasteiger partial charge in [0.2, 0.25) is 5.91 Å². The highest BCUT2D eigenvalue weighted by Crippen LogP contribution is 2.14.